The van der Waals surface area contributed by atoms with E-state index in [1.807, 2.05) is 0 Å². The van der Waals surface area contributed by atoms with Crippen molar-refractivity contribution in [3.63, 3.8) is 0 Å². The van der Waals surface area contributed by atoms with Gasteiger partial charge in [0.25, 0.3) is 0 Å². The minimum Gasteiger partial charge on any atom is -0.456 e. The van der Waals surface area contributed by atoms with Crippen LogP contribution in [0.2, 0.25) is 0 Å². The van der Waals surface area contributed by atoms with E-state index in [9.17, 15) is 13.9 Å². The predicted molar refractivity (Wildman–Crippen MR) is 50.7 cm³/mol. The molecule has 0 aliphatic rings. The fraction of sp³-hybridized carbons (Fsp3) is 0.571. The molecule has 0 aromatic rings. The molecule has 0 amide bonds. The van der Waals surface area contributed by atoms with Crippen molar-refractivity contribution < 1.29 is 23.2 Å². The molecule has 0 heterocycles. The van der Waals surface area contributed by atoms with Gasteiger partial charge in [0.2, 0.25) is 0 Å². The van der Waals surface area contributed by atoms with E-state index < -0.39 is 20.8 Å². The lowest BCUT2D eigenvalue weighted by Crippen LogP contribution is -2.24. The van der Waals surface area contributed by atoms with Crippen LogP contribution in [0.1, 0.15) is 6.92 Å². The van der Waals surface area contributed by atoms with Crippen LogP contribution in [0, 0.1) is 0 Å². The maximum Gasteiger partial charge on any atom is 0.333 e. The fourth-order valence-electron chi connectivity index (χ4n) is 0.573. The highest BCUT2D eigenvalue weighted by molar-refractivity contribution is 7.23. The molecule has 0 aliphatic heterocycles. The summed E-state index contributed by atoms with van der Waals surface area (Å²) in [6.45, 7) is 4.83. The van der Waals surface area contributed by atoms with Gasteiger partial charge >= 0.3 is 14.7 Å². The molecule has 0 radical (unpaired) electrons. The van der Waals surface area contributed by atoms with Gasteiger partial charge in [0, 0.05) is 5.57 Å². The number of esters is 1. The summed E-state index contributed by atoms with van der Waals surface area (Å²) in [5.74, 6) is -0.579. The molecule has 0 saturated heterocycles. The van der Waals surface area contributed by atoms with E-state index in [2.05, 4.69) is 11.1 Å². The second-order valence-corrected chi connectivity index (χ2v) is 3.52. The van der Waals surface area contributed by atoms with E-state index in [0.717, 1.165) is 0 Å². The van der Waals surface area contributed by atoms with E-state index in [1.54, 1.807) is 0 Å². The average molecular weight is 236 g/mol. The number of hydrogen-bond acceptors (Lipinski definition) is 5. The van der Waals surface area contributed by atoms with Crippen LogP contribution in [0.25, 0.3) is 0 Å². The minimum atomic E-state index is -0.667. The van der Waals surface area contributed by atoms with Crippen LogP contribution in [0.4, 0.5) is 0 Å². The monoisotopic (exact) mass is 236 g/mol. The van der Waals surface area contributed by atoms with E-state index in [-0.39, 0.29) is 26.8 Å². The number of hydrogen-bond donors (Lipinski definition) is 0. The van der Waals surface area contributed by atoms with E-state index >= 15 is 0 Å². The summed E-state index contributed by atoms with van der Waals surface area (Å²) in [7, 11) is -0.664. The Balaban J connectivity index is 4.06. The molecular formula is C7H10O5P2. The predicted octanol–water partition coefficient (Wildman–Crippen LogP) is 1.99. The maximum atomic E-state index is 11.0. The molecule has 0 spiro atoms. The van der Waals surface area contributed by atoms with Crippen LogP contribution < -0.4 is 0 Å². The highest BCUT2D eigenvalue weighted by Gasteiger charge is 2.15. The third-order valence-electron chi connectivity index (χ3n) is 1.21. The molecule has 14 heavy (non-hydrogen) atoms. The smallest absolute Gasteiger partial charge is 0.333 e. The SMILES string of the molecule is C=C(C)C(=O)OC(COP=O)CP=O. The summed E-state index contributed by atoms with van der Waals surface area (Å²) >= 11 is 0. The molecule has 0 rings (SSSR count). The summed E-state index contributed by atoms with van der Waals surface area (Å²) in [5.41, 5.74) is 0.247. The van der Waals surface area contributed by atoms with Gasteiger partial charge in [-0.25, -0.2) is 9.36 Å². The van der Waals surface area contributed by atoms with Crippen molar-refractivity contribution in [1.82, 2.24) is 0 Å². The van der Waals surface area contributed by atoms with E-state index in [1.165, 1.54) is 6.92 Å². The third-order valence-corrected chi connectivity index (χ3v) is 2.02. The lowest BCUT2D eigenvalue weighted by Gasteiger charge is -2.12. The van der Waals surface area contributed by atoms with Crippen molar-refractivity contribution in [1.29, 1.82) is 0 Å². The molecule has 0 bridgehead atoms. The summed E-state index contributed by atoms with van der Waals surface area (Å²) in [5, 5.41) is 0. The number of carbonyl (C=O) groups is 1. The summed E-state index contributed by atoms with van der Waals surface area (Å²) in [4.78, 5) is 11.0. The Labute approximate surface area is 85.0 Å². The van der Waals surface area contributed by atoms with Gasteiger partial charge in [0.1, 0.15) is 6.10 Å². The molecule has 78 valence electrons. The van der Waals surface area contributed by atoms with Crippen molar-refractivity contribution in [3.8, 4) is 0 Å². The first-order valence-electron chi connectivity index (χ1n) is 3.72. The molecule has 7 heteroatoms. The van der Waals surface area contributed by atoms with Crippen LogP contribution >= 0.6 is 17.1 Å². The molecule has 1 unspecified atom stereocenters. The quantitative estimate of drug-likeness (QED) is 0.384. The van der Waals surface area contributed by atoms with Crippen LogP contribution in [-0.4, -0.2) is 24.8 Å². The number of carbonyl (C=O) groups excluding carboxylic acids is 1. The van der Waals surface area contributed by atoms with Gasteiger partial charge in [-0.05, 0) is 6.92 Å². The Morgan fingerprint density at radius 2 is 2.14 bits per heavy atom. The van der Waals surface area contributed by atoms with Gasteiger partial charge in [-0.15, -0.1) is 0 Å². The molecule has 0 aromatic carbocycles. The summed E-state index contributed by atoms with van der Waals surface area (Å²) < 4.78 is 29.6. The van der Waals surface area contributed by atoms with E-state index in [0.29, 0.717) is 0 Å². The zero-order chi connectivity index (χ0) is 11.0. The van der Waals surface area contributed by atoms with Gasteiger partial charge in [0.05, 0.1) is 12.8 Å². The normalized spacial score (nSPS) is 12.6. The zero-order valence-corrected chi connectivity index (χ0v) is 9.42. The van der Waals surface area contributed by atoms with Gasteiger partial charge in [-0.1, -0.05) is 6.58 Å². The Hall–Kier alpha value is -0.630. The van der Waals surface area contributed by atoms with Crippen molar-refractivity contribution in [2.45, 2.75) is 13.0 Å². The molecule has 5 nitrogen and oxygen atoms in total. The number of rotatable bonds is 7. The molecule has 0 N–H and O–H groups in total. The first kappa shape index (κ1) is 13.4. The number of ether oxygens (including phenoxy) is 1. The topological polar surface area (TPSA) is 69.7 Å². The zero-order valence-electron chi connectivity index (χ0n) is 7.63. The molecule has 0 fully saturated rings. The Morgan fingerprint density at radius 3 is 2.57 bits per heavy atom. The van der Waals surface area contributed by atoms with Crippen molar-refractivity contribution in [2.75, 3.05) is 12.8 Å². The van der Waals surface area contributed by atoms with Crippen LogP contribution in [0.5, 0.6) is 0 Å². The fourth-order valence-corrected chi connectivity index (χ4v) is 1.15. The van der Waals surface area contributed by atoms with Gasteiger partial charge in [0.15, 0.2) is 8.46 Å². The molecule has 1 atom stereocenters. The Bertz CT molecular complexity index is 240. The van der Waals surface area contributed by atoms with Crippen LogP contribution in [-0.2, 0) is 23.2 Å². The summed E-state index contributed by atoms with van der Waals surface area (Å²) in [6, 6.07) is 0. The first-order valence-corrected chi connectivity index (χ1v) is 5.44. The molecule has 0 saturated carbocycles. The highest BCUT2D eigenvalue weighted by Crippen LogP contribution is 2.08. The van der Waals surface area contributed by atoms with Gasteiger partial charge < -0.3 is 4.74 Å². The first-order chi connectivity index (χ1) is 6.61. The van der Waals surface area contributed by atoms with Crippen LogP contribution in [0.3, 0.4) is 0 Å². The second kappa shape index (κ2) is 7.74. The molecule has 0 aliphatic carbocycles. The second-order valence-electron chi connectivity index (χ2n) is 2.49. The standard InChI is InChI=1S/C7H10O5P2/c1-5(2)7(8)12-6(4-13-9)3-11-14-10/h6H,1,3-4H2,2H3. The van der Waals surface area contributed by atoms with Crippen molar-refractivity contribution in [3.05, 3.63) is 12.2 Å². The Kier molecular flexibility index (Phi) is 7.40. The van der Waals surface area contributed by atoms with Gasteiger partial charge in [-0.2, -0.15) is 0 Å². The molecular weight excluding hydrogens is 226 g/mol. The third kappa shape index (κ3) is 5.92. The van der Waals surface area contributed by atoms with E-state index in [4.69, 9.17) is 4.74 Å². The van der Waals surface area contributed by atoms with Crippen LogP contribution in [0.15, 0.2) is 12.2 Å². The average Bonchev–Trinajstić information content (AvgIpc) is 2.14. The highest BCUT2D eigenvalue weighted by atomic mass is 31.1. The lowest BCUT2D eigenvalue weighted by atomic mass is 10.3. The Morgan fingerprint density at radius 1 is 1.50 bits per heavy atom. The molecule has 0 aromatic heterocycles. The lowest BCUT2D eigenvalue weighted by molar-refractivity contribution is -0.144. The van der Waals surface area contributed by atoms with Gasteiger partial charge in [-0.3, -0.25) is 9.09 Å². The summed E-state index contributed by atoms with van der Waals surface area (Å²) in [6.07, 6.45) is -0.561. The van der Waals surface area contributed by atoms with Crippen molar-refractivity contribution in [2.24, 2.45) is 0 Å². The largest absolute Gasteiger partial charge is 0.456 e. The maximum absolute atomic E-state index is 11.0. The minimum absolute atomic E-state index is 0.0562. The van der Waals surface area contributed by atoms with Crippen molar-refractivity contribution >= 4 is 23.1 Å².